The molecule has 7 nitrogen and oxygen atoms in total. The SMILES string of the molecule is NC(=O)C1CCN(C(=O)c2ccc(Cl)cc2[N+](=O)[O-])CC1. The van der Waals surface area contributed by atoms with E-state index in [4.69, 9.17) is 17.3 Å². The highest BCUT2D eigenvalue weighted by Gasteiger charge is 2.29. The molecule has 1 heterocycles. The van der Waals surface area contributed by atoms with E-state index in [0.717, 1.165) is 6.07 Å². The standard InChI is InChI=1S/C13H14ClN3O4/c14-9-1-2-10(11(7-9)17(20)21)13(19)16-5-3-8(4-6-16)12(15)18/h1-2,7-8H,3-6H2,(H2,15,18). The summed E-state index contributed by atoms with van der Waals surface area (Å²) in [4.78, 5) is 35.4. The number of primary amides is 1. The van der Waals surface area contributed by atoms with Crippen molar-refractivity contribution in [3.63, 3.8) is 0 Å². The fourth-order valence-corrected chi connectivity index (χ4v) is 2.54. The molecule has 2 N–H and O–H groups in total. The van der Waals surface area contributed by atoms with E-state index in [1.165, 1.54) is 17.0 Å². The average Bonchev–Trinajstić information content (AvgIpc) is 2.46. The molecule has 21 heavy (non-hydrogen) atoms. The molecule has 8 heteroatoms. The van der Waals surface area contributed by atoms with Crippen molar-refractivity contribution >= 4 is 29.1 Å². The van der Waals surface area contributed by atoms with Gasteiger partial charge in [0, 0.05) is 30.1 Å². The zero-order valence-corrected chi connectivity index (χ0v) is 11.9. The number of likely N-dealkylation sites (tertiary alicyclic amines) is 1. The Morgan fingerprint density at radius 1 is 1.33 bits per heavy atom. The number of nitrogens with zero attached hydrogens (tertiary/aromatic N) is 2. The first-order valence-electron chi connectivity index (χ1n) is 6.42. The van der Waals surface area contributed by atoms with Gasteiger partial charge in [-0.05, 0) is 25.0 Å². The van der Waals surface area contributed by atoms with Crippen molar-refractivity contribution in [3.8, 4) is 0 Å². The van der Waals surface area contributed by atoms with Crippen molar-refractivity contribution in [2.75, 3.05) is 13.1 Å². The molecule has 1 aromatic carbocycles. The molecular formula is C13H14ClN3O4. The van der Waals surface area contributed by atoms with Crippen LogP contribution in [-0.4, -0.2) is 34.7 Å². The molecule has 0 atom stereocenters. The minimum absolute atomic E-state index is 0.00178. The summed E-state index contributed by atoms with van der Waals surface area (Å²) < 4.78 is 0. The number of halogens is 1. The van der Waals surface area contributed by atoms with E-state index in [0.29, 0.717) is 25.9 Å². The maximum Gasteiger partial charge on any atom is 0.283 e. The molecule has 0 saturated carbocycles. The number of carbonyl (C=O) groups excluding carboxylic acids is 2. The maximum absolute atomic E-state index is 12.4. The zero-order valence-electron chi connectivity index (χ0n) is 11.1. The van der Waals surface area contributed by atoms with Crippen LogP contribution in [0, 0.1) is 16.0 Å². The second kappa shape index (κ2) is 6.09. The molecule has 0 radical (unpaired) electrons. The van der Waals surface area contributed by atoms with Gasteiger partial charge in [-0.15, -0.1) is 0 Å². The lowest BCUT2D eigenvalue weighted by atomic mass is 9.95. The number of rotatable bonds is 3. The number of carbonyl (C=O) groups is 2. The van der Waals surface area contributed by atoms with Crippen LogP contribution in [0.2, 0.25) is 5.02 Å². The monoisotopic (exact) mass is 311 g/mol. The van der Waals surface area contributed by atoms with Crippen LogP contribution < -0.4 is 5.73 Å². The molecule has 0 bridgehead atoms. The van der Waals surface area contributed by atoms with Gasteiger partial charge >= 0.3 is 0 Å². The lowest BCUT2D eigenvalue weighted by Crippen LogP contribution is -2.41. The number of benzene rings is 1. The summed E-state index contributed by atoms with van der Waals surface area (Å²) in [5.41, 5.74) is 4.92. The highest BCUT2D eigenvalue weighted by Crippen LogP contribution is 2.26. The van der Waals surface area contributed by atoms with Crippen molar-refractivity contribution in [2.24, 2.45) is 11.7 Å². The summed E-state index contributed by atoms with van der Waals surface area (Å²) in [5.74, 6) is -1.05. The maximum atomic E-state index is 12.4. The van der Waals surface area contributed by atoms with Gasteiger partial charge in [0.05, 0.1) is 4.92 Å². The van der Waals surface area contributed by atoms with Crippen LogP contribution in [0.4, 0.5) is 5.69 Å². The summed E-state index contributed by atoms with van der Waals surface area (Å²) in [6.45, 7) is 0.707. The second-order valence-corrected chi connectivity index (χ2v) is 5.32. The van der Waals surface area contributed by atoms with E-state index in [1.54, 1.807) is 0 Å². The first-order chi connectivity index (χ1) is 9.90. The van der Waals surface area contributed by atoms with Gasteiger partial charge in [0.2, 0.25) is 5.91 Å². The third-order valence-electron chi connectivity index (χ3n) is 3.57. The van der Waals surface area contributed by atoms with Crippen LogP contribution in [0.3, 0.4) is 0 Å². The van der Waals surface area contributed by atoms with Crippen LogP contribution in [0.5, 0.6) is 0 Å². The van der Waals surface area contributed by atoms with E-state index in [9.17, 15) is 19.7 Å². The molecule has 0 unspecified atom stereocenters. The van der Waals surface area contributed by atoms with Crippen LogP contribution >= 0.6 is 11.6 Å². The fraction of sp³-hybridized carbons (Fsp3) is 0.385. The van der Waals surface area contributed by atoms with Crippen molar-refractivity contribution in [1.29, 1.82) is 0 Å². The lowest BCUT2D eigenvalue weighted by Gasteiger charge is -2.30. The Bertz CT molecular complexity index is 597. The molecule has 2 rings (SSSR count). The van der Waals surface area contributed by atoms with Gasteiger partial charge in [0.15, 0.2) is 0 Å². The van der Waals surface area contributed by atoms with E-state index in [1.807, 2.05) is 0 Å². The molecule has 0 aromatic heterocycles. The second-order valence-electron chi connectivity index (χ2n) is 4.89. The number of hydrogen-bond donors (Lipinski definition) is 1. The molecule has 0 aliphatic carbocycles. The summed E-state index contributed by atoms with van der Waals surface area (Å²) in [7, 11) is 0. The summed E-state index contributed by atoms with van der Waals surface area (Å²) in [5, 5.41) is 11.2. The lowest BCUT2D eigenvalue weighted by molar-refractivity contribution is -0.385. The molecule has 1 aliphatic rings. The van der Waals surface area contributed by atoms with Gasteiger partial charge in [-0.25, -0.2) is 0 Å². The quantitative estimate of drug-likeness (QED) is 0.675. The predicted octanol–water partition coefficient (Wildman–Crippen LogP) is 1.59. The first-order valence-corrected chi connectivity index (χ1v) is 6.80. The highest BCUT2D eigenvalue weighted by molar-refractivity contribution is 6.31. The van der Waals surface area contributed by atoms with E-state index >= 15 is 0 Å². The average molecular weight is 312 g/mol. The van der Waals surface area contributed by atoms with Gasteiger partial charge in [-0.1, -0.05) is 11.6 Å². The smallest absolute Gasteiger partial charge is 0.283 e. The molecule has 2 amide bonds. The van der Waals surface area contributed by atoms with Gasteiger partial charge < -0.3 is 10.6 Å². The summed E-state index contributed by atoms with van der Waals surface area (Å²) in [6, 6.07) is 3.95. The Morgan fingerprint density at radius 2 is 1.95 bits per heavy atom. The van der Waals surface area contributed by atoms with E-state index < -0.39 is 10.8 Å². The Kier molecular flexibility index (Phi) is 4.42. The van der Waals surface area contributed by atoms with Gasteiger partial charge in [0.1, 0.15) is 5.56 Å². The Balaban J connectivity index is 2.18. The third kappa shape index (κ3) is 3.30. The Morgan fingerprint density at radius 3 is 2.48 bits per heavy atom. The number of nitro groups is 1. The van der Waals surface area contributed by atoms with Crippen LogP contribution in [0.25, 0.3) is 0 Å². The van der Waals surface area contributed by atoms with Crippen LogP contribution in [0.15, 0.2) is 18.2 Å². The normalized spacial score (nSPS) is 15.8. The molecule has 1 saturated heterocycles. The predicted molar refractivity (Wildman–Crippen MR) is 75.9 cm³/mol. The fourth-order valence-electron chi connectivity index (χ4n) is 2.37. The Hall–Kier alpha value is -2.15. The molecule has 1 fully saturated rings. The minimum Gasteiger partial charge on any atom is -0.369 e. The molecule has 112 valence electrons. The van der Waals surface area contributed by atoms with Crippen molar-refractivity contribution < 1.29 is 14.5 Å². The van der Waals surface area contributed by atoms with Crippen LogP contribution in [0.1, 0.15) is 23.2 Å². The molecular weight excluding hydrogens is 298 g/mol. The molecule has 1 aliphatic heterocycles. The topological polar surface area (TPSA) is 107 Å². The number of piperidine rings is 1. The first kappa shape index (κ1) is 15.2. The van der Waals surface area contributed by atoms with E-state index in [-0.39, 0.29) is 28.1 Å². The summed E-state index contributed by atoms with van der Waals surface area (Å²) in [6.07, 6.45) is 0.949. The third-order valence-corrected chi connectivity index (χ3v) is 3.81. The van der Waals surface area contributed by atoms with Gasteiger partial charge in [-0.2, -0.15) is 0 Å². The highest BCUT2D eigenvalue weighted by atomic mass is 35.5. The van der Waals surface area contributed by atoms with Crippen molar-refractivity contribution in [2.45, 2.75) is 12.8 Å². The molecule has 1 aromatic rings. The number of nitrogens with two attached hydrogens (primary N) is 1. The van der Waals surface area contributed by atoms with Crippen LogP contribution in [-0.2, 0) is 4.79 Å². The van der Waals surface area contributed by atoms with E-state index in [2.05, 4.69) is 0 Å². The van der Waals surface area contributed by atoms with Gasteiger partial charge in [0.25, 0.3) is 11.6 Å². The number of hydrogen-bond acceptors (Lipinski definition) is 4. The number of amides is 2. The number of nitro benzene ring substituents is 1. The van der Waals surface area contributed by atoms with Gasteiger partial charge in [-0.3, -0.25) is 19.7 Å². The van der Waals surface area contributed by atoms with Crippen molar-refractivity contribution in [3.05, 3.63) is 38.9 Å². The minimum atomic E-state index is -0.630. The molecule has 0 spiro atoms. The van der Waals surface area contributed by atoms with Crippen molar-refractivity contribution in [1.82, 2.24) is 4.90 Å². The zero-order chi connectivity index (χ0) is 15.6. The Labute approximate surface area is 125 Å². The largest absolute Gasteiger partial charge is 0.369 e. The summed E-state index contributed by atoms with van der Waals surface area (Å²) >= 11 is 5.72.